The summed E-state index contributed by atoms with van der Waals surface area (Å²) in [7, 11) is 1.36. The highest BCUT2D eigenvalue weighted by Gasteiger charge is 2.25. The average Bonchev–Trinajstić information content (AvgIpc) is 3.24. The summed E-state index contributed by atoms with van der Waals surface area (Å²) in [5, 5.41) is 15.8. The lowest BCUT2D eigenvalue weighted by atomic mass is 10.1. The molecule has 1 heterocycles. The second-order valence-corrected chi connectivity index (χ2v) is 6.54. The minimum absolute atomic E-state index is 0.0931. The van der Waals surface area contributed by atoms with Gasteiger partial charge in [0, 0.05) is 23.6 Å². The first kappa shape index (κ1) is 20.2. The van der Waals surface area contributed by atoms with Crippen LogP contribution in [-0.2, 0) is 13.2 Å². The number of nitrogens with zero attached hydrogens (tertiary/aromatic N) is 2. The van der Waals surface area contributed by atoms with Gasteiger partial charge >= 0.3 is 0 Å². The molecule has 0 atom stereocenters. The van der Waals surface area contributed by atoms with Gasteiger partial charge in [-0.15, -0.1) is 11.3 Å². The molecule has 1 N–H and O–H groups in total. The number of thiazole rings is 1. The number of halogens is 1. The maximum atomic E-state index is 13.7. The summed E-state index contributed by atoms with van der Waals surface area (Å²) in [6.45, 7) is -0.0249. The van der Waals surface area contributed by atoms with Crippen molar-refractivity contribution in [3.63, 3.8) is 0 Å². The van der Waals surface area contributed by atoms with Gasteiger partial charge in [0.15, 0.2) is 11.5 Å². The van der Waals surface area contributed by atoms with Gasteiger partial charge in [-0.05, 0) is 6.07 Å². The van der Waals surface area contributed by atoms with Crippen LogP contribution in [0.3, 0.4) is 0 Å². The monoisotopic (exact) mass is 417 g/mol. The molecule has 0 aliphatic carbocycles. The number of amides is 1. The first-order valence-electron chi connectivity index (χ1n) is 8.37. The molecule has 0 unspecified atom stereocenters. The zero-order chi connectivity index (χ0) is 20.8. The molecule has 150 valence electrons. The summed E-state index contributed by atoms with van der Waals surface area (Å²) in [4.78, 5) is 27.4. The van der Waals surface area contributed by atoms with E-state index in [0.29, 0.717) is 5.69 Å². The van der Waals surface area contributed by atoms with Crippen LogP contribution in [0.5, 0.6) is 11.5 Å². The number of carbonyl (C=O) groups excluding carboxylic acids is 1. The van der Waals surface area contributed by atoms with Crippen molar-refractivity contribution in [2.75, 3.05) is 7.11 Å². The van der Waals surface area contributed by atoms with E-state index < -0.39 is 22.3 Å². The van der Waals surface area contributed by atoms with Crippen molar-refractivity contribution < 1.29 is 23.6 Å². The van der Waals surface area contributed by atoms with E-state index >= 15 is 0 Å². The first-order chi connectivity index (χ1) is 14.0. The van der Waals surface area contributed by atoms with Gasteiger partial charge in [0.25, 0.3) is 11.6 Å². The lowest BCUT2D eigenvalue weighted by molar-refractivity contribution is -0.385. The number of carbonyl (C=O) groups is 1. The van der Waals surface area contributed by atoms with E-state index in [1.807, 2.05) is 0 Å². The normalized spacial score (nSPS) is 10.4. The molecular formula is C19H16FN3O5S. The molecule has 3 aromatic rings. The molecular weight excluding hydrogens is 401 g/mol. The molecule has 0 spiro atoms. The molecule has 0 saturated carbocycles. The number of hydrogen-bond donors (Lipinski definition) is 1. The van der Waals surface area contributed by atoms with Crippen molar-refractivity contribution in [2.24, 2.45) is 0 Å². The molecule has 0 saturated heterocycles. The van der Waals surface area contributed by atoms with Crippen LogP contribution < -0.4 is 14.8 Å². The molecule has 1 amide bonds. The van der Waals surface area contributed by atoms with Crippen LogP contribution in [0.25, 0.3) is 0 Å². The molecule has 0 fully saturated rings. The van der Waals surface area contributed by atoms with Crippen molar-refractivity contribution in [2.45, 2.75) is 13.2 Å². The fourth-order valence-corrected chi connectivity index (χ4v) is 3.07. The van der Waals surface area contributed by atoms with Crippen LogP contribution >= 0.6 is 11.3 Å². The van der Waals surface area contributed by atoms with Crippen LogP contribution in [0.1, 0.15) is 21.6 Å². The second kappa shape index (κ2) is 9.11. The van der Waals surface area contributed by atoms with Gasteiger partial charge in [0.1, 0.15) is 18.0 Å². The van der Waals surface area contributed by atoms with Crippen LogP contribution in [0, 0.1) is 15.9 Å². The Morgan fingerprint density at radius 2 is 2.10 bits per heavy atom. The van der Waals surface area contributed by atoms with Gasteiger partial charge in [-0.1, -0.05) is 18.2 Å². The summed E-state index contributed by atoms with van der Waals surface area (Å²) in [6.07, 6.45) is 0. The Morgan fingerprint density at radius 1 is 1.31 bits per heavy atom. The quantitative estimate of drug-likeness (QED) is 0.443. The zero-order valence-electron chi connectivity index (χ0n) is 15.3. The Labute approximate surface area is 169 Å². The predicted octanol–water partition coefficient (Wildman–Crippen LogP) is 3.71. The third-order valence-corrected chi connectivity index (χ3v) is 4.61. The number of nitrogens with one attached hydrogen (secondary N) is 1. The summed E-state index contributed by atoms with van der Waals surface area (Å²) < 4.78 is 24.5. The number of nitro benzene ring substituents is 1. The predicted molar refractivity (Wildman–Crippen MR) is 104 cm³/mol. The SMILES string of the molecule is COc1cc(C(=O)NCc2ccccc2F)c([N+](=O)[O-])cc1OCc1cscn1. The van der Waals surface area contributed by atoms with Crippen molar-refractivity contribution >= 4 is 22.9 Å². The average molecular weight is 417 g/mol. The molecule has 2 aromatic carbocycles. The topological polar surface area (TPSA) is 104 Å². The van der Waals surface area contributed by atoms with Crippen molar-refractivity contribution in [3.05, 3.63) is 80.0 Å². The number of rotatable bonds is 8. The smallest absolute Gasteiger partial charge is 0.286 e. The Hall–Kier alpha value is -3.53. The van der Waals surface area contributed by atoms with Crippen molar-refractivity contribution in [1.82, 2.24) is 10.3 Å². The van der Waals surface area contributed by atoms with E-state index in [0.717, 1.165) is 6.07 Å². The maximum Gasteiger partial charge on any atom is 0.286 e. The van der Waals surface area contributed by atoms with Crippen LogP contribution in [0.4, 0.5) is 10.1 Å². The highest BCUT2D eigenvalue weighted by molar-refractivity contribution is 7.07. The number of nitro groups is 1. The minimum Gasteiger partial charge on any atom is -0.493 e. The fraction of sp³-hybridized carbons (Fsp3) is 0.158. The minimum atomic E-state index is -0.732. The van der Waals surface area contributed by atoms with E-state index in [1.165, 1.54) is 42.7 Å². The second-order valence-electron chi connectivity index (χ2n) is 5.82. The molecule has 29 heavy (non-hydrogen) atoms. The van der Waals surface area contributed by atoms with Crippen molar-refractivity contribution in [3.8, 4) is 11.5 Å². The van der Waals surface area contributed by atoms with Gasteiger partial charge in [-0.3, -0.25) is 14.9 Å². The lowest BCUT2D eigenvalue weighted by Crippen LogP contribution is -2.24. The van der Waals surface area contributed by atoms with Gasteiger partial charge in [-0.25, -0.2) is 9.37 Å². The van der Waals surface area contributed by atoms with Gasteiger partial charge in [0.05, 0.1) is 29.3 Å². The molecule has 3 rings (SSSR count). The third-order valence-electron chi connectivity index (χ3n) is 3.98. The fourth-order valence-electron chi connectivity index (χ4n) is 2.53. The van der Waals surface area contributed by atoms with E-state index in [2.05, 4.69) is 10.3 Å². The van der Waals surface area contributed by atoms with E-state index in [4.69, 9.17) is 9.47 Å². The largest absolute Gasteiger partial charge is 0.493 e. The summed E-state index contributed by atoms with van der Waals surface area (Å²) in [6, 6.07) is 8.29. The molecule has 10 heteroatoms. The van der Waals surface area contributed by atoms with Crippen LogP contribution in [0.2, 0.25) is 0 Å². The van der Waals surface area contributed by atoms with E-state index in [9.17, 15) is 19.3 Å². The Bertz CT molecular complexity index is 1030. The zero-order valence-corrected chi connectivity index (χ0v) is 16.1. The molecule has 8 nitrogen and oxygen atoms in total. The molecule has 0 aliphatic rings. The summed E-state index contributed by atoms with van der Waals surface area (Å²) in [5.74, 6) is -0.949. The van der Waals surface area contributed by atoms with Gasteiger partial charge in [-0.2, -0.15) is 0 Å². The molecule has 0 bridgehead atoms. The highest BCUT2D eigenvalue weighted by atomic mass is 32.1. The number of hydrogen-bond acceptors (Lipinski definition) is 7. The number of aromatic nitrogens is 1. The Balaban J connectivity index is 1.84. The van der Waals surface area contributed by atoms with Gasteiger partial charge in [0.2, 0.25) is 0 Å². The Kier molecular flexibility index (Phi) is 6.35. The van der Waals surface area contributed by atoms with E-state index in [-0.39, 0.29) is 35.8 Å². The molecule has 0 aliphatic heterocycles. The Morgan fingerprint density at radius 3 is 2.76 bits per heavy atom. The summed E-state index contributed by atoms with van der Waals surface area (Å²) in [5.41, 5.74) is 1.89. The van der Waals surface area contributed by atoms with E-state index in [1.54, 1.807) is 17.0 Å². The number of ether oxygens (including phenoxy) is 2. The molecule has 1 aromatic heterocycles. The van der Waals surface area contributed by atoms with Gasteiger partial charge < -0.3 is 14.8 Å². The molecule has 0 radical (unpaired) electrons. The lowest BCUT2D eigenvalue weighted by Gasteiger charge is -2.12. The highest BCUT2D eigenvalue weighted by Crippen LogP contribution is 2.35. The maximum absolute atomic E-state index is 13.7. The van der Waals surface area contributed by atoms with Crippen molar-refractivity contribution in [1.29, 1.82) is 0 Å². The number of methoxy groups -OCH3 is 1. The van der Waals surface area contributed by atoms with Crippen LogP contribution in [-0.4, -0.2) is 22.9 Å². The number of benzene rings is 2. The standard InChI is InChI=1S/C19H16FN3O5S/c1-27-17-6-14(19(24)21-8-12-4-2-3-5-15(12)20)16(23(25)26)7-18(17)28-9-13-10-29-11-22-13/h2-7,10-11H,8-9H2,1H3,(H,21,24). The third kappa shape index (κ3) is 4.85. The first-order valence-corrected chi connectivity index (χ1v) is 9.31. The van der Waals surface area contributed by atoms with Crippen LogP contribution in [0.15, 0.2) is 47.3 Å². The summed E-state index contributed by atoms with van der Waals surface area (Å²) >= 11 is 1.39.